The van der Waals surface area contributed by atoms with Crippen LogP contribution in [0.15, 0.2) is 36.0 Å². The molecule has 0 aliphatic rings. The van der Waals surface area contributed by atoms with E-state index < -0.39 is 0 Å². The Morgan fingerprint density at radius 2 is 2.12 bits per heavy atom. The third-order valence-electron chi connectivity index (χ3n) is 3.17. The van der Waals surface area contributed by atoms with Gasteiger partial charge in [0.05, 0.1) is 15.7 Å². The first-order chi connectivity index (χ1) is 12.1. The Bertz CT molecular complexity index is 731. The van der Waals surface area contributed by atoms with E-state index in [1.165, 1.54) is 11.8 Å². The normalized spacial score (nSPS) is 10.7. The molecule has 0 aliphatic heterocycles. The lowest BCUT2D eigenvalue weighted by Gasteiger charge is -2.09. The number of rotatable bonds is 9. The first-order valence-electron chi connectivity index (χ1n) is 7.45. The minimum atomic E-state index is -0.172. The fourth-order valence-corrected chi connectivity index (χ4v) is 3.42. The van der Waals surface area contributed by atoms with Crippen molar-refractivity contribution in [2.24, 2.45) is 0 Å². The molecule has 134 valence electrons. The van der Waals surface area contributed by atoms with E-state index in [-0.39, 0.29) is 12.3 Å². The van der Waals surface area contributed by atoms with Gasteiger partial charge in [0.25, 0.3) is 0 Å². The minimum Gasteiger partial charge on any atom is -0.377 e. The molecule has 1 amide bonds. The summed E-state index contributed by atoms with van der Waals surface area (Å²) in [5.41, 5.74) is 0.429. The summed E-state index contributed by atoms with van der Waals surface area (Å²) in [5.74, 6) is 1.09. The molecule has 0 unspecified atom stereocenters. The number of benzene rings is 1. The highest BCUT2D eigenvalue weighted by Gasteiger charge is 2.13. The number of thioether (sulfide) groups is 1. The number of carbonyl (C=O) groups is 1. The van der Waals surface area contributed by atoms with Crippen LogP contribution < -0.4 is 5.32 Å². The Morgan fingerprint density at radius 1 is 1.40 bits per heavy atom. The van der Waals surface area contributed by atoms with Crippen molar-refractivity contribution in [3.05, 3.63) is 46.7 Å². The minimum absolute atomic E-state index is 0.172. The van der Waals surface area contributed by atoms with E-state index in [0.29, 0.717) is 34.6 Å². The van der Waals surface area contributed by atoms with Crippen LogP contribution in [0, 0.1) is 0 Å². The van der Waals surface area contributed by atoms with E-state index in [1.807, 2.05) is 4.57 Å². The lowest BCUT2D eigenvalue weighted by Crippen LogP contribution is -2.13. The smallest absolute Gasteiger partial charge is 0.225 e. The van der Waals surface area contributed by atoms with E-state index >= 15 is 0 Å². The summed E-state index contributed by atoms with van der Waals surface area (Å²) in [7, 11) is 1.60. The molecule has 0 fully saturated rings. The number of amides is 1. The molecule has 1 N–H and O–H groups in total. The van der Waals surface area contributed by atoms with Crippen molar-refractivity contribution >= 4 is 46.6 Å². The third-order valence-corrected chi connectivity index (χ3v) is 4.76. The van der Waals surface area contributed by atoms with E-state index in [9.17, 15) is 4.79 Å². The van der Waals surface area contributed by atoms with Crippen LogP contribution >= 0.6 is 35.0 Å². The van der Waals surface area contributed by atoms with Gasteiger partial charge in [0.15, 0.2) is 11.0 Å². The molecule has 1 heterocycles. The van der Waals surface area contributed by atoms with Crippen molar-refractivity contribution in [2.75, 3.05) is 18.2 Å². The number of halogens is 2. The van der Waals surface area contributed by atoms with Gasteiger partial charge in [-0.1, -0.05) is 47.1 Å². The highest BCUT2D eigenvalue weighted by Crippen LogP contribution is 2.30. The third kappa shape index (κ3) is 5.47. The van der Waals surface area contributed by atoms with Gasteiger partial charge in [0.2, 0.25) is 5.91 Å². The molecule has 0 spiro atoms. The number of allylic oxidation sites excluding steroid dienone is 1. The van der Waals surface area contributed by atoms with E-state index in [0.717, 1.165) is 11.0 Å². The maximum atomic E-state index is 12.1. The van der Waals surface area contributed by atoms with Crippen LogP contribution in [0.2, 0.25) is 10.0 Å². The van der Waals surface area contributed by atoms with Crippen molar-refractivity contribution in [3.8, 4) is 0 Å². The van der Waals surface area contributed by atoms with E-state index in [4.69, 9.17) is 27.9 Å². The van der Waals surface area contributed by atoms with Crippen LogP contribution in [0.1, 0.15) is 12.2 Å². The highest BCUT2D eigenvalue weighted by atomic mass is 35.5. The second-order valence-electron chi connectivity index (χ2n) is 4.97. The number of nitrogens with one attached hydrogen (secondary N) is 1. The monoisotopic (exact) mass is 400 g/mol. The number of carbonyl (C=O) groups excluding carboxylic acids is 1. The summed E-state index contributed by atoms with van der Waals surface area (Å²) < 4.78 is 7.01. The van der Waals surface area contributed by atoms with Crippen molar-refractivity contribution in [1.29, 1.82) is 0 Å². The van der Waals surface area contributed by atoms with Gasteiger partial charge in [-0.25, -0.2) is 0 Å². The van der Waals surface area contributed by atoms with Crippen LogP contribution in [0.5, 0.6) is 0 Å². The predicted molar refractivity (Wildman–Crippen MR) is 101 cm³/mol. The molecule has 0 bridgehead atoms. The summed E-state index contributed by atoms with van der Waals surface area (Å²) in [4.78, 5) is 12.1. The summed E-state index contributed by atoms with van der Waals surface area (Å²) in [6.07, 6.45) is 2.05. The zero-order chi connectivity index (χ0) is 18.2. The van der Waals surface area contributed by atoms with Crippen LogP contribution in [0.4, 0.5) is 5.69 Å². The summed E-state index contributed by atoms with van der Waals surface area (Å²) in [5, 5.41) is 12.5. The number of para-hydroxylation sites is 1. The van der Waals surface area contributed by atoms with Crippen LogP contribution in [-0.4, -0.2) is 33.5 Å². The maximum Gasteiger partial charge on any atom is 0.225 e. The molecule has 0 radical (unpaired) electrons. The molecule has 25 heavy (non-hydrogen) atoms. The van der Waals surface area contributed by atoms with Gasteiger partial charge >= 0.3 is 0 Å². The van der Waals surface area contributed by atoms with Gasteiger partial charge in [-0.05, 0) is 12.1 Å². The Kier molecular flexibility index (Phi) is 7.77. The summed E-state index contributed by atoms with van der Waals surface area (Å²) in [6.45, 7) is 4.68. The van der Waals surface area contributed by atoms with Crippen molar-refractivity contribution in [3.63, 3.8) is 0 Å². The number of nitrogens with zero attached hydrogens (tertiary/aromatic N) is 3. The Morgan fingerprint density at radius 3 is 2.76 bits per heavy atom. The Balaban J connectivity index is 1.92. The van der Waals surface area contributed by atoms with Gasteiger partial charge in [0.1, 0.15) is 6.61 Å². The molecular formula is C16H18Cl2N4O2S. The van der Waals surface area contributed by atoms with Crippen molar-refractivity contribution in [2.45, 2.75) is 24.7 Å². The first kappa shape index (κ1) is 19.8. The van der Waals surface area contributed by atoms with Crippen LogP contribution in [0.25, 0.3) is 0 Å². The van der Waals surface area contributed by atoms with Gasteiger partial charge < -0.3 is 14.6 Å². The number of hydrogen-bond donors (Lipinski definition) is 1. The van der Waals surface area contributed by atoms with Gasteiger partial charge in [-0.15, -0.1) is 16.8 Å². The van der Waals surface area contributed by atoms with Crippen molar-refractivity contribution < 1.29 is 9.53 Å². The molecule has 9 heteroatoms. The quantitative estimate of drug-likeness (QED) is 0.507. The average Bonchev–Trinajstić information content (AvgIpc) is 2.94. The maximum absolute atomic E-state index is 12.1. The van der Waals surface area contributed by atoms with E-state index in [1.54, 1.807) is 31.4 Å². The lowest BCUT2D eigenvalue weighted by molar-refractivity contribution is -0.115. The number of hydrogen-bond acceptors (Lipinski definition) is 5. The second-order valence-corrected chi connectivity index (χ2v) is 6.85. The Labute approximate surface area is 160 Å². The molecule has 2 rings (SSSR count). The standard InChI is InChI=1S/C16H18Cl2N4O2S/c1-3-8-22-13(10-24-2)20-21-16(22)25-9-7-14(23)19-15-11(17)5-4-6-12(15)18/h3-6H,1,7-10H2,2H3,(H,19,23). The molecule has 1 aromatic heterocycles. The summed E-state index contributed by atoms with van der Waals surface area (Å²) >= 11 is 13.5. The number of anilines is 1. The largest absolute Gasteiger partial charge is 0.377 e. The van der Waals surface area contributed by atoms with Crippen LogP contribution in [0.3, 0.4) is 0 Å². The number of ether oxygens (including phenoxy) is 1. The zero-order valence-corrected chi connectivity index (χ0v) is 16.0. The molecule has 0 saturated heterocycles. The van der Waals surface area contributed by atoms with E-state index in [2.05, 4.69) is 22.1 Å². The fraction of sp³-hybridized carbons (Fsp3) is 0.312. The average molecular weight is 401 g/mol. The molecule has 1 aromatic carbocycles. The highest BCUT2D eigenvalue weighted by molar-refractivity contribution is 7.99. The van der Waals surface area contributed by atoms with Crippen molar-refractivity contribution in [1.82, 2.24) is 14.8 Å². The Hall–Kier alpha value is -1.54. The molecule has 0 saturated carbocycles. The lowest BCUT2D eigenvalue weighted by atomic mass is 10.3. The molecule has 6 nitrogen and oxygen atoms in total. The zero-order valence-electron chi connectivity index (χ0n) is 13.7. The SMILES string of the molecule is C=CCn1c(COC)nnc1SCCC(=O)Nc1c(Cl)cccc1Cl. The number of aromatic nitrogens is 3. The first-order valence-corrected chi connectivity index (χ1v) is 9.19. The second kappa shape index (κ2) is 9.82. The fourth-order valence-electron chi connectivity index (χ4n) is 2.03. The molecule has 2 aromatic rings. The predicted octanol–water partition coefficient (Wildman–Crippen LogP) is 4.04. The topological polar surface area (TPSA) is 69.0 Å². The molecule has 0 atom stereocenters. The number of methoxy groups -OCH3 is 1. The molecule has 0 aliphatic carbocycles. The van der Waals surface area contributed by atoms with Crippen LogP contribution in [-0.2, 0) is 22.7 Å². The van der Waals surface area contributed by atoms with Gasteiger partial charge in [-0.2, -0.15) is 0 Å². The van der Waals surface area contributed by atoms with Gasteiger partial charge in [-0.3, -0.25) is 4.79 Å². The molecular weight excluding hydrogens is 383 g/mol. The summed E-state index contributed by atoms with van der Waals surface area (Å²) in [6, 6.07) is 5.07. The van der Waals surface area contributed by atoms with Gasteiger partial charge in [0, 0.05) is 25.8 Å².